The van der Waals surface area contributed by atoms with Gasteiger partial charge in [0.25, 0.3) is 0 Å². The van der Waals surface area contributed by atoms with Crippen LogP contribution in [0, 0.1) is 0 Å². The Kier molecular flexibility index (Phi) is 10.3. The van der Waals surface area contributed by atoms with Crippen molar-refractivity contribution in [2.24, 2.45) is 0 Å². The van der Waals surface area contributed by atoms with Gasteiger partial charge in [-0.2, -0.15) is 0 Å². The predicted molar refractivity (Wildman–Crippen MR) is 50.2 cm³/mol. The normalized spacial score (nSPS) is 8.60. The molecule has 0 saturated heterocycles. The van der Waals surface area contributed by atoms with E-state index in [-0.39, 0.29) is 0 Å². The first-order valence-corrected chi connectivity index (χ1v) is 3.95. The molecule has 0 aliphatic carbocycles. The lowest BCUT2D eigenvalue weighted by atomic mass is 10.2. The Bertz CT molecular complexity index is 112. The van der Waals surface area contributed by atoms with Crippen LogP contribution in [-0.2, 0) is 0 Å². The van der Waals surface area contributed by atoms with Crippen molar-refractivity contribution in [3.63, 3.8) is 0 Å². The maximum atomic E-state index is 2.12. The molecule has 60 valence electrons. The van der Waals surface area contributed by atoms with Crippen molar-refractivity contribution in [2.45, 2.75) is 41.5 Å². The van der Waals surface area contributed by atoms with E-state index in [1.165, 1.54) is 11.1 Å². The fraction of sp³-hybridized carbons (Fsp3) is 0.600. The number of hydrogen-bond acceptors (Lipinski definition) is 0. The second-order valence-electron chi connectivity index (χ2n) is 2.18. The van der Waals surface area contributed by atoms with Crippen molar-refractivity contribution >= 4 is 0 Å². The molecule has 0 aromatic rings. The molecule has 0 nitrogen and oxygen atoms in total. The van der Waals surface area contributed by atoms with Crippen LogP contribution in [0.25, 0.3) is 0 Å². The van der Waals surface area contributed by atoms with Crippen LogP contribution in [-0.4, -0.2) is 0 Å². The van der Waals surface area contributed by atoms with Crippen LogP contribution in [0.15, 0.2) is 23.3 Å². The molecule has 0 spiro atoms. The van der Waals surface area contributed by atoms with Gasteiger partial charge in [-0.15, -0.1) is 0 Å². The highest BCUT2D eigenvalue weighted by Gasteiger charge is 1.80. The van der Waals surface area contributed by atoms with Crippen LogP contribution in [0.2, 0.25) is 0 Å². The molecule has 0 unspecified atom stereocenters. The minimum absolute atomic E-state index is 1.37. The summed E-state index contributed by atoms with van der Waals surface area (Å²) in [5, 5.41) is 0. The highest BCUT2D eigenvalue weighted by atomic mass is 13.9. The highest BCUT2D eigenvalue weighted by molar-refractivity contribution is 5.19. The van der Waals surface area contributed by atoms with Crippen molar-refractivity contribution in [1.82, 2.24) is 0 Å². The second-order valence-corrected chi connectivity index (χ2v) is 2.18. The van der Waals surface area contributed by atoms with Gasteiger partial charge in [0.2, 0.25) is 0 Å². The summed E-state index contributed by atoms with van der Waals surface area (Å²) >= 11 is 0. The Hall–Kier alpha value is -0.520. The van der Waals surface area contributed by atoms with Gasteiger partial charge in [0.1, 0.15) is 0 Å². The predicted octanol–water partition coefficient (Wildman–Crippen LogP) is 3.95. The van der Waals surface area contributed by atoms with E-state index in [0.29, 0.717) is 0 Å². The minimum atomic E-state index is 1.37. The van der Waals surface area contributed by atoms with E-state index in [2.05, 4.69) is 32.9 Å². The first-order valence-electron chi connectivity index (χ1n) is 3.95. The Balaban J connectivity index is 0. The highest BCUT2D eigenvalue weighted by Crippen LogP contribution is 2.01. The lowest BCUT2D eigenvalue weighted by Crippen LogP contribution is -1.70. The van der Waals surface area contributed by atoms with Crippen LogP contribution < -0.4 is 0 Å². The third kappa shape index (κ3) is 7.48. The monoisotopic (exact) mass is 140 g/mol. The summed E-state index contributed by atoms with van der Waals surface area (Å²) in [4.78, 5) is 0. The van der Waals surface area contributed by atoms with Crippen LogP contribution in [0.1, 0.15) is 41.5 Å². The summed E-state index contributed by atoms with van der Waals surface area (Å²) in [6.45, 7) is 12.4. The quantitative estimate of drug-likeness (QED) is 0.484. The average Bonchev–Trinajstić information content (AvgIpc) is 1.93. The fourth-order valence-electron chi connectivity index (χ4n) is 0.417. The van der Waals surface area contributed by atoms with Crippen LogP contribution in [0.3, 0.4) is 0 Å². The molecule has 0 amide bonds. The van der Waals surface area contributed by atoms with Gasteiger partial charge in [0, 0.05) is 0 Å². The van der Waals surface area contributed by atoms with E-state index in [1.807, 2.05) is 20.8 Å². The number of hydrogen-bond donors (Lipinski definition) is 0. The van der Waals surface area contributed by atoms with E-state index < -0.39 is 0 Å². The van der Waals surface area contributed by atoms with Crippen molar-refractivity contribution in [1.29, 1.82) is 0 Å². The van der Waals surface area contributed by atoms with Crippen molar-refractivity contribution in [2.75, 3.05) is 0 Å². The Labute approximate surface area is 65.7 Å². The number of rotatable bonds is 1. The minimum Gasteiger partial charge on any atom is -0.0874 e. The smallest absolute Gasteiger partial charge is 0.0399 e. The van der Waals surface area contributed by atoms with Crippen molar-refractivity contribution in [3.05, 3.63) is 23.3 Å². The summed E-state index contributed by atoms with van der Waals surface area (Å²) in [7, 11) is 0. The summed E-state index contributed by atoms with van der Waals surface area (Å²) < 4.78 is 0. The molecule has 0 saturated carbocycles. The Morgan fingerprint density at radius 3 is 1.50 bits per heavy atom. The zero-order valence-corrected chi connectivity index (χ0v) is 8.15. The SMILES string of the molecule is C/C=C\C(C)=C(C)C.CC. The van der Waals surface area contributed by atoms with Gasteiger partial charge >= 0.3 is 0 Å². The van der Waals surface area contributed by atoms with Gasteiger partial charge in [0.15, 0.2) is 0 Å². The molecule has 0 heterocycles. The third-order valence-electron chi connectivity index (χ3n) is 1.21. The van der Waals surface area contributed by atoms with Crippen molar-refractivity contribution in [3.8, 4) is 0 Å². The second kappa shape index (κ2) is 8.48. The summed E-state index contributed by atoms with van der Waals surface area (Å²) in [5.74, 6) is 0. The maximum absolute atomic E-state index is 2.12. The summed E-state index contributed by atoms with van der Waals surface area (Å²) in [6, 6.07) is 0. The third-order valence-corrected chi connectivity index (χ3v) is 1.21. The molecule has 0 rings (SSSR count). The van der Waals surface area contributed by atoms with Gasteiger partial charge in [-0.3, -0.25) is 0 Å². The molecule has 0 aromatic carbocycles. The summed E-state index contributed by atoms with van der Waals surface area (Å²) in [6.07, 6.45) is 4.18. The first kappa shape index (κ1) is 12.2. The largest absolute Gasteiger partial charge is 0.0874 e. The fourth-order valence-corrected chi connectivity index (χ4v) is 0.417. The summed E-state index contributed by atoms with van der Waals surface area (Å²) in [5.41, 5.74) is 2.76. The van der Waals surface area contributed by atoms with Crippen molar-refractivity contribution < 1.29 is 0 Å². The maximum Gasteiger partial charge on any atom is -0.0399 e. The van der Waals surface area contributed by atoms with E-state index in [9.17, 15) is 0 Å². The molecule has 0 N–H and O–H groups in total. The van der Waals surface area contributed by atoms with Crippen LogP contribution >= 0.6 is 0 Å². The van der Waals surface area contributed by atoms with Gasteiger partial charge in [-0.25, -0.2) is 0 Å². The average molecular weight is 140 g/mol. The molecule has 0 heteroatoms. The molecular formula is C10H20. The molecule has 0 bridgehead atoms. The lowest BCUT2D eigenvalue weighted by Gasteiger charge is -1.91. The van der Waals surface area contributed by atoms with E-state index >= 15 is 0 Å². The van der Waals surface area contributed by atoms with Gasteiger partial charge in [-0.1, -0.05) is 37.1 Å². The van der Waals surface area contributed by atoms with Crippen LogP contribution in [0.5, 0.6) is 0 Å². The zero-order chi connectivity index (χ0) is 8.57. The number of allylic oxidation sites excluding steroid dienone is 4. The standard InChI is InChI=1S/C8H14.C2H6/c1-5-6-8(4)7(2)3;1-2/h5-6H,1-4H3;1-2H3/b6-5-;. The first-order chi connectivity index (χ1) is 4.68. The molecule has 10 heavy (non-hydrogen) atoms. The molecule has 0 aliphatic rings. The Morgan fingerprint density at radius 1 is 1.00 bits per heavy atom. The Morgan fingerprint density at radius 2 is 1.40 bits per heavy atom. The topological polar surface area (TPSA) is 0 Å². The molecule has 0 fully saturated rings. The molecule has 0 aromatic heterocycles. The van der Waals surface area contributed by atoms with Gasteiger partial charge < -0.3 is 0 Å². The molecule has 0 atom stereocenters. The van der Waals surface area contributed by atoms with E-state index in [0.717, 1.165) is 0 Å². The van der Waals surface area contributed by atoms with Crippen LogP contribution in [0.4, 0.5) is 0 Å². The molecular weight excluding hydrogens is 120 g/mol. The van der Waals surface area contributed by atoms with E-state index in [1.54, 1.807) is 0 Å². The van der Waals surface area contributed by atoms with Gasteiger partial charge in [0.05, 0.1) is 0 Å². The zero-order valence-electron chi connectivity index (χ0n) is 8.15. The van der Waals surface area contributed by atoms with Gasteiger partial charge in [-0.05, 0) is 27.7 Å². The lowest BCUT2D eigenvalue weighted by molar-refractivity contribution is 1.29. The molecule has 0 radical (unpaired) electrons. The van der Waals surface area contributed by atoms with E-state index in [4.69, 9.17) is 0 Å². The molecule has 0 aliphatic heterocycles.